The van der Waals surface area contributed by atoms with Crippen LogP contribution in [-0.2, 0) is 19.3 Å². The van der Waals surface area contributed by atoms with Crippen molar-refractivity contribution in [3.05, 3.63) is 64.5 Å². The quantitative estimate of drug-likeness (QED) is 0.865. The Balaban J connectivity index is 2.03. The molecule has 0 bridgehead atoms. The minimum Gasteiger partial charge on any atom is -0.309 e. The molecule has 0 amide bonds. The molecule has 0 aliphatic carbocycles. The number of fused-ring (bicyclic) bond motifs is 1. The first-order valence-corrected chi connectivity index (χ1v) is 6.35. The second-order valence-electron chi connectivity index (χ2n) is 4.84. The molecule has 0 saturated heterocycles. The summed E-state index contributed by atoms with van der Waals surface area (Å²) in [5, 5.41) is 3.13. The topological polar surface area (TPSA) is 42.0 Å². The maximum Gasteiger partial charge on any atom is 0.417 e. The van der Waals surface area contributed by atoms with Gasteiger partial charge in [0.1, 0.15) is 0 Å². The van der Waals surface area contributed by atoms with Gasteiger partial charge in [0.05, 0.1) is 11.1 Å². The Kier molecular flexibility index (Phi) is 3.25. The molecule has 2 aromatic rings. The molecule has 0 atom stereocenters. The van der Waals surface area contributed by atoms with E-state index in [0.717, 1.165) is 29.6 Å². The molecular formula is C15H11F3N2O. The molecule has 3 rings (SSSR count). The third kappa shape index (κ3) is 2.54. The highest BCUT2D eigenvalue weighted by molar-refractivity contribution is 6.10. The summed E-state index contributed by atoms with van der Waals surface area (Å²) in [5.41, 5.74) is 0.875. The van der Waals surface area contributed by atoms with Crippen molar-refractivity contribution >= 4 is 5.78 Å². The van der Waals surface area contributed by atoms with Crippen LogP contribution in [0.15, 0.2) is 36.7 Å². The summed E-state index contributed by atoms with van der Waals surface area (Å²) in [6.45, 7) is 1.33. The number of carbonyl (C=O) groups excluding carboxylic acids is 1. The Labute approximate surface area is 118 Å². The fourth-order valence-electron chi connectivity index (χ4n) is 2.41. The Morgan fingerprint density at radius 2 is 1.90 bits per heavy atom. The van der Waals surface area contributed by atoms with E-state index in [1.165, 1.54) is 0 Å². The second-order valence-corrected chi connectivity index (χ2v) is 4.84. The van der Waals surface area contributed by atoms with Gasteiger partial charge in [0.15, 0.2) is 5.78 Å². The van der Waals surface area contributed by atoms with Crippen LogP contribution in [0.25, 0.3) is 0 Å². The molecule has 1 N–H and O–H groups in total. The van der Waals surface area contributed by atoms with Crippen LogP contribution in [0, 0.1) is 0 Å². The summed E-state index contributed by atoms with van der Waals surface area (Å²) in [5.74, 6) is -0.662. The summed E-state index contributed by atoms with van der Waals surface area (Å²) >= 11 is 0. The van der Waals surface area contributed by atoms with E-state index in [9.17, 15) is 18.0 Å². The SMILES string of the molecule is O=C(c1ccc2c(c1)CNC2)c1cnccc1C(F)(F)F. The highest BCUT2D eigenvalue weighted by Gasteiger charge is 2.35. The lowest BCUT2D eigenvalue weighted by Gasteiger charge is -2.11. The van der Waals surface area contributed by atoms with Gasteiger partial charge in [-0.05, 0) is 23.3 Å². The molecule has 1 aromatic heterocycles. The lowest BCUT2D eigenvalue weighted by Crippen LogP contribution is -2.14. The van der Waals surface area contributed by atoms with Gasteiger partial charge >= 0.3 is 6.18 Å². The number of nitrogens with one attached hydrogen (secondary N) is 1. The summed E-state index contributed by atoms with van der Waals surface area (Å²) in [7, 11) is 0. The standard InChI is InChI=1S/C15H11F3N2O/c16-15(17,18)13-3-4-19-8-12(13)14(21)9-1-2-10-6-20-7-11(10)5-9/h1-5,8,20H,6-7H2. The second kappa shape index (κ2) is 4.96. The van der Waals surface area contributed by atoms with Crippen molar-refractivity contribution < 1.29 is 18.0 Å². The van der Waals surface area contributed by atoms with Crippen molar-refractivity contribution in [3.8, 4) is 0 Å². The van der Waals surface area contributed by atoms with Gasteiger partial charge in [0, 0.05) is 31.0 Å². The zero-order valence-electron chi connectivity index (χ0n) is 10.9. The van der Waals surface area contributed by atoms with E-state index >= 15 is 0 Å². The number of benzene rings is 1. The van der Waals surface area contributed by atoms with Crippen LogP contribution < -0.4 is 5.32 Å². The Morgan fingerprint density at radius 1 is 1.14 bits per heavy atom. The van der Waals surface area contributed by atoms with Gasteiger partial charge in [-0.2, -0.15) is 13.2 Å². The zero-order valence-corrected chi connectivity index (χ0v) is 10.9. The lowest BCUT2D eigenvalue weighted by atomic mass is 9.97. The van der Waals surface area contributed by atoms with Crippen LogP contribution >= 0.6 is 0 Å². The molecule has 1 aromatic carbocycles. The van der Waals surface area contributed by atoms with E-state index in [-0.39, 0.29) is 5.56 Å². The van der Waals surface area contributed by atoms with E-state index in [4.69, 9.17) is 0 Å². The van der Waals surface area contributed by atoms with Crippen molar-refractivity contribution in [1.29, 1.82) is 0 Å². The average Bonchev–Trinajstić information content (AvgIpc) is 2.93. The van der Waals surface area contributed by atoms with Gasteiger partial charge < -0.3 is 5.32 Å². The molecule has 3 nitrogen and oxygen atoms in total. The molecule has 0 spiro atoms. The van der Waals surface area contributed by atoms with Gasteiger partial charge in [0.2, 0.25) is 0 Å². The Morgan fingerprint density at radius 3 is 2.67 bits per heavy atom. The number of aromatic nitrogens is 1. The minimum absolute atomic E-state index is 0.246. The molecule has 1 aliphatic heterocycles. The number of hydrogen-bond acceptors (Lipinski definition) is 3. The highest BCUT2D eigenvalue weighted by atomic mass is 19.4. The predicted octanol–water partition coefficient (Wildman–Crippen LogP) is 2.93. The highest BCUT2D eigenvalue weighted by Crippen LogP contribution is 2.32. The molecule has 2 heterocycles. The van der Waals surface area contributed by atoms with Gasteiger partial charge in [0.25, 0.3) is 0 Å². The molecule has 1 aliphatic rings. The number of alkyl halides is 3. The van der Waals surface area contributed by atoms with Gasteiger partial charge in [-0.1, -0.05) is 12.1 Å². The number of pyridine rings is 1. The average molecular weight is 292 g/mol. The minimum atomic E-state index is -4.58. The molecule has 0 fully saturated rings. The summed E-state index contributed by atoms with van der Waals surface area (Å²) < 4.78 is 38.9. The van der Waals surface area contributed by atoms with E-state index in [1.54, 1.807) is 18.2 Å². The maximum atomic E-state index is 13.0. The normalized spacial score (nSPS) is 14.0. The van der Waals surface area contributed by atoms with Crippen molar-refractivity contribution in [2.24, 2.45) is 0 Å². The van der Waals surface area contributed by atoms with E-state index in [1.807, 2.05) is 0 Å². The maximum absolute atomic E-state index is 13.0. The van der Waals surface area contributed by atoms with Crippen LogP contribution in [-0.4, -0.2) is 10.8 Å². The van der Waals surface area contributed by atoms with Crippen LogP contribution in [0.5, 0.6) is 0 Å². The third-order valence-corrected chi connectivity index (χ3v) is 3.47. The molecule has 108 valence electrons. The summed E-state index contributed by atoms with van der Waals surface area (Å²) in [6, 6.07) is 5.79. The molecule has 0 saturated carbocycles. The Hall–Kier alpha value is -2.21. The fourth-order valence-corrected chi connectivity index (χ4v) is 2.41. The van der Waals surface area contributed by atoms with Crippen LogP contribution in [0.4, 0.5) is 13.2 Å². The Bertz CT molecular complexity index is 710. The summed E-state index contributed by atoms with van der Waals surface area (Å²) in [4.78, 5) is 16.0. The van der Waals surface area contributed by atoms with Gasteiger partial charge in [-0.15, -0.1) is 0 Å². The largest absolute Gasteiger partial charge is 0.417 e. The molecule has 0 radical (unpaired) electrons. The van der Waals surface area contributed by atoms with Crippen LogP contribution in [0.3, 0.4) is 0 Å². The number of halogens is 3. The van der Waals surface area contributed by atoms with E-state index in [2.05, 4.69) is 10.3 Å². The lowest BCUT2D eigenvalue weighted by molar-refractivity contribution is -0.137. The van der Waals surface area contributed by atoms with E-state index in [0.29, 0.717) is 13.1 Å². The number of nitrogens with zero attached hydrogens (tertiary/aromatic N) is 1. The van der Waals surface area contributed by atoms with Gasteiger partial charge in [-0.25, -0.2) is 0 Å². The number of rotatable bonds is 2. The monoisotopic (exact) mass is 292 g/mol. The smallest absolute Gasteiger partial charge is 0.309 e. The number of hydrogen-bond donors (Lipinski definition) is 1. The van der Waals surface area contributed by atoms with Crippen LogP contribution in [0.2, 0.25) is 0 Å². The van der Waals surface area contributed by atoms with Crippen LogP contribution in [0.1, 0.15) is 32.6 Å². The zero-order chi connectivity index (χ0) is 15.0. The third-order valence-electron chi connectivity index (χ3n) is 3.47. The summed E-state index contributed by atoms with van der Waals surface area (Å²) in [6.07, 6.45) is -2.57. The predicted molar refractivity (Wildman–Crippen MR) is 69.7 cm³/mol. The van der Waals surface area contributed by atoms with Crippen molar-refractivity contribution in [1.82, 2.24) is 10.3 Å². The van der Waals surface area contributed by atoms with Crippen molar-refractivity contribution in [2.75, 3.05) is 0 Å². The van der Waals surface area contributed by atoms with Gasteiger partial charge in [-0.3, -0.25) is 9.78 Å². The molecule has 6 heteroatoms. The molecular weight excluding hydrogens is 281 g/mol. The van der Waals surface area contributed by atoms with Crippen molar-refractivity contribution in [2.45, 2.75) is 19.3 Å². The molecule has 0 unspecified atom stereocenters. The first kappa shape index (κ1) is 13.8. The van der Waals surface area contributed by atoms with Crippen molar-refractivity contribution in [3.63, 3.8) is 0 Å². The first-order valence-electron chi connectivity index (χ1n) is 6.35. The van der Waals surface area contributed by atoms with E-state index < -0.39 is 23.1 Å². The number of carbonyl (C=O) groups is 1. The molecule has 21 heavy (non-hydrogen) atoms. The first-order chi connectivity index (χ1) is 9.97. The fraction of sp³-hybridized carbons (Fsp3) is 0.200. The number of ketones is 1.